The summed E-state index contributed by atoms with van der Waals surface area (Å²) in [5.41, 5.74) is 0.484. The van der Waals surface area contributed by atoms with E-state index in [0.29, 0.717) is 11.4 Å². The smallest absolute Gasteiger partial charge is 0.280 e. The summed E-state index contributed by atoms with van der Waals surface area (Å²) in [7, 11) is -2.06. The van der Waals surface area contributed by atoms with Crippen LogP contribution in [0.2, 0.25) is 0 Å². The van der Waals surface area contributed by atoms with E-state index in [1.807, 2.05) is 13.8 Å². The molecule has 1 aromatic heterocycles. The number of rotatable bonds is 5. The molecule has 7 nitrogen and oxygen atoms in total. The van der Waals surface area contributed by atoms with Gasteiger partial charge in [-0.05, 0) is 31.5 Å². The van der Waals surface area contributed by atoms with Gasteiger partial charge in [-0.15, -0.1) is 0 Å². The largest absolute Gasteiger partial charge is 0.373 e. The maximum atomic E-state index is 13.7. The topological polar surface area (TPSA) is 76.5 Å². The normalized spacial score (nSPS) is 23.1. The van der Waals surface area contributed by atoms with Crippen molar-refractivity contribution in [2.75, 3.05) is 13.1 Å². The van der Waals surface area contributed by atoms with Crippen LogP contribution in [-0.4, -0.2) is 47.6 Å². The fourth-order valence-corrected chi connectivity index (χ4v) is 4.66. The van der Waals surface area contributed by atoms with Crippen molar-refractivity contribution < 1.29 is 17.5 Å². The van der Waals surface area contributed by atoms with Crippen LogP contribution >= 0.6 is 0 Å². The molecule has 9 heteroatoms. The number of morpholine rings is 1. The standard InChI is InChI=1S/C17H23FN4O3S/c1-12-10-22(11-13(2)25-12)26(23,24)20-16(17-19-7-8-21(17)3)14-5-4-6-15(18)9-14/h4-9,12-13,16,20H,10-11H2,1-3H3/t12-,13+,16-/m1/s1. The molecule has 142 valence electrons. The van der Waals surface area contributed by atoms with Crippen LogP contribution in [0, 0.1) is 5.82 Å². The third-order valence-corrected chi connectivity index (χ3v) is 5.80. The van der Waals surface area contributed by atoms with Gasteiger partial charge in [0, 0.05) is 32.5 Å². The average molecular weight is 382 g/mol. The van der Waals surface area contributed by atoms with E-state index in [0.717, 1.165) is 0 Å². The lowest BCUT2D eigenvalue weighted by Gasteiger charge is -2.35. The number of nitrogens with one attached hydrogen (secondary N) is 1. The number of benzene rings is 1. The van der Waals surface area contributed by atoms with Gasteiger partial charge in [-0.2, -0.15) is 17.4 Å². The fourth-order valence-electron chi connectivity index (χ4n) is 3.16. The van der Waals surface area contributed by atoms with Gasteiger partial charge < -0.3 is 9.30 Å². The minimum Gasteiger partial charge on any atom is -0.373 e. The summed E-state index contributed by atoms with van der Waals surface area (Å²) in [5, 5.41) is 0. The van der Waals surface area contributed by atoms with E-state index in [4.69, 9.17) is 4.74 Å². The first kappa shape index (κ1) is 19.0. The molecule has 2 heterocycles. The zero-order valence-electron chi connectivity index (χ0n) is 15.0. The molecule has 26 heavy (non-hydrogen) atoms. The van der Waals surface area contributed by atoms with Crippen LogP contribution < -0.4 is 4.72 Å². The molecule has 2 aromatic rings. The van der Waals surface area contributed by atoms with Crippen molar-refractivity contribution in [1.29, 1.82) is 0 Å². The summed E-state index contributed by atoms with van der Waals surface area (Å²) in [6.45, 7) is 4.19. The van der Waals surface area contributed by atoms with Crippen molar-refractivity contribution in [1.82, 2.24) is 18.6 Å². The summed E-state index contributed by atoms with van der Waals surface area (Å²) >= 11 is 0. The molecule has 0 unspecified atom stereocenters. The lowest BCUT2D eigenvalue weighted by atomic mass is 10.1. The molecule has 0 radical (unpaired) electrons. The number of aromatic nitrogens is 2. The van der Waals surface area contributed by atoms with E-state index in [-0.39, 0.29) is 25.3 Å². The molecule has 1 N–H and O–H groups in total. The van der Waals surface area contributed by atoms with E-state index in [1.54, 1.807) is 36.1 Å². The predicted octanol–water partition coefficient (Wildman–Crippen LogP) is 1.59. The summed E-state index contributed by atoms with van der Waals surface area (Å²) in [6.07, 6.45) is 2.90. The molecule has 1 saturated heterocycles. The number of imidazole rings is 1. The Labute approximate surface area is 153 Å². The second-order valence-electron chi connectivity index (χ2n) is 6.58. The van der Waals surface area contributed by atoms with E-state index in [1.165, 1.54) is 16.4 Å². The molecule has 0 aliphatic carbocycles. The van der Waals surface area contributed by atoms with Gasteiger partial charge >= 0.3 is 0 Å². The van der Waals surface area contributed by atoms with E-state index >= 15 is 0 Å². The molecule has 0 bridgehead atoms. The predicted molar refractivity (Wildman–Crippen MR) is 95.1 cm³/mol. The Morgan fingerprint density at radius 2 is 2.00 bits per heavy atom. The summed E-state index contributed by atoms with van der Waals surface area (Å²) in [4.78, 5) is 4.25. The minimum absolute atomic E-state index is 0.198. The van der Waals surface area contributed by atoms with Gasteiger partial charge in [-0.3, -0.25) is 0 Å². The van der Waals surface area contributed by atoms with Crippen molar-refractivity contribution >= 4 is 10.2 Å². The molecule has 1 fully saturated rings. The molecule has 0 saturated carbocycles. The van der Waals surface area contributed by atoms with Crippen LogP contribution in [0.4, 0.5) is 4.39 Å². The van der Waals surface area contributed by atoms with Crippen LogP contribution in [0.15, 0.2) is 36.7 Å². The first-order valence-corrected chi connectivity index (χ1v) is 9.86. The third-order valence-electron chi connectivity index (χ3n) is 4.29. The van der Waals surface area contributed by atoms with E-state index in [2.05, 4.69) is 9.71 Å². The Hall–Kier alpha value is -1.81. The molecule has 1 aromatic carbocycles. The minimum atomic E-state index is -3.82. The Balaban J connectivity index is 1.94. The zero-order valence-corrected chi connectivity index (χ0v) is 15.8. The van der Waals surface area contributed by atoms with Crippen LogP contribution in [0.1, 0.15) is 31.3 Å². The number of hydrogen-bond donors (Lipinski definition) is 1. The highest BCUT2D eigenvalue weighted by molar-refractivity contribution is 7.87. The molecular weight excluding hydrogens is 359 g/mol. The van der Waals surface area contributed by atoms with E-state index < -0.39 is 22.1 Å². The van der Waals surface area contributed by atoms with Crippen LogP contribution in [0.25, 0.3) is 0 Å². The number of aryl methyl sites for hydroxylation is 1. The number of ether oxygens (including phenoxy) is 1. The highest BCUT2D eigenvalue weighted by Gasteiger charge is 2.34. The lowest BCUT2D eigenvalue weighted by molar-refractivity contribution is -0.0444. The van der Waals surface area contributed by atoms with Gasteiger partial charge in [0.2, 0.25) is 0 Å². The first-order chi connectivity index (χ1) is 12.3. The molecule has 1 aliphatic rings. The lowest BCUT2D eigenvalue weighted by Crippen LogP contribution is -2.52. The van der Waals surface area contributed by atoms with Crippen molar-refractivity contribution in [3.63, 3.8) is 0 Å². The Morgan fingerprint density at radius 3 is 2.58 bits per heavy atom. The molecular formula is C17H23FN4O3S. The van der Waals surface area contributed by atoms with Crippen LogP contribution in [0.3, 0.4) is 0 Å². The molecule has 0 amide bonds. The van der Waals surface area contributed by atoms with Crippen molar-refractivity contribution in [3.8, 4) is 0 Å². The maximum Gasteiger partial charge on any atom is 0.280 e. The average Bonchev–Trinajstić information content (AvgIpc) is 2.97. The van der Waals surface area contributed by atoms with Gasteiger partial charge in [-0.25, -0.2) is 9.37 Å². The van der Waals surface area contributed by atoms with Gasteiger partial charge in [0.15, 0.2) is 0 Å². The molecule has 3 rings (SSSR count). The Bertz CT molecular complexity index is 860. The second kappa shape index (κ2) is 7.43. The van der Waals surface area contributed by atoms with Crippen LogP contribution in [0.5, 0.6) is 0 Å². The highest BCUT2D eigenvalue weighted by Crippen LogP contribution is 2.24. The number of halogens is 1. The van der Waals surface area contributed by atoms with Gasteiger partial charge in [0.05, 0.1) is 12.2 Å². The monoisotopic (exact) mass is 382 g/mol. The van der Waals surface area contributed by atoms with Gasteiger partial charge in [0.25, 0.3) is 10.2 Å². The Morgan fingerprint density at radius 1 is 1.31 bits per heavy atom. The molecule has 1 aliphatic heterocycles. The maximum absolute atomic E-state index is 13.7. The van der Waals surface area contributed by atoms with E-state index in [9.17, 15) is 12.8 Å². The third kappa shape index (κ3) is 4.12. The van der Waals surface area contributed by atoms with Crippen molar-refractivity contribution in [2.24, 2.45) is 7.05 Å². The second-order valence-corrected chi connectivity index (χ2v) is 8.28. The quantitative estimate of drug-likeness (QED) is 0.852. The van der Waals surface area contributed by atoms with Crippen LogP contribution in [-0.2, 0) is 22.0 Å². The number of hydrogen-bond acceptors (Lipinski definition) is 4. The SMILES string of the molecule is C[C@@H]1CN(S(=O)(=O)N[C@H](c2cccc(F)c2)c2nccn2C)C[C@H](C)O1. The highest BCUT2D eigenvalue weighted by atomic mass is 32.2. The van der Waals surface area contributed by atoms with Crippen molar-refractivity contribution in [2.45, 2.75) is 32.1 Å². The number of nitrogens with zero attached hydrogens (tertiary/aromatic N) is 3. The summed E-state index contributed by atoms with van der Waals surface area (Å²) in [6, 6.07) is 5.05. The first-order valence-electron chi connectivity index (χ1n) is 8.42. The fraction of sp³-hybridized carbons (Fsp3) is 0.471. The zero-order chi connectivity index (χ0) is 18.9. The van der Waals surface area contributed by atoms with Gasteiger partial charge in [0.1, 0.15) is 17.7 Å². The van der Waals surface area contributed by atoms with Crippen molar-refractivity contribution in [3.05, 3.63) is 53.9 Å². The van der Waals surface area contributed by atoms with Gasteiger partial charge in [-0.1, -0.05) is 12.1 Å². The summed E-state index contributed by atoms with van der Waals surface area (Å²) in [5.74, 6) is 0.0445. The summed E-state index contributed by atoms with van der Waals surface area (Å²) < 4.78 is 51.1. The molecule has 0 spiro atoms. The molecule has 3 atom stereocenters. The Kier molecular flexibility index (Phi) is 5.42.